The minimum absolute atomic E-state index is 0.00472. The SMILES string of the molecule is Cc1ccc(C(Cl)c2ccccc2)s1. The molecule has 0 saturated heterocycles. The molecule has 0 aliphatic rings. The Bertz CT molecular complexity index is 405. The van der Waals surface area contributed by atoms with Gasteiger partial charge in [-0.05, 0) is 24.6 Å². The van der Waals surface area contributed by atoms with Crippen LogP contribution in [0.2, 0.25) is 0 Å². The summed E-state index contributed by atoms with van der Waals surface area (Å²) in [5, 5.41) is -0.00472. The average molecular weight is 223 g/mol. The summed E-state index contributed by atoms with van der Waals surface area (Å²) in [4.78, 5) is 2.52. The Morgan fingerprint density at radius 1 is 1.07 bits per heavy atom. The van der Waals surface area contributed by atoms with Crippen molar-refractivity contribution >= 4 is 22.9 Å². The van der Waals surface area contributed by atoms with Crippen LogP contribution in [0.25, 0.3) is 0 Å². The number of benzene rings is 1. The summed E-state index contributed by atoms with van der Waals surface area (Å²) in [6.07, 6.45) is 0. The summed E-state index contributed by atoms with van der Waals surface area (Å²) in [5.74, 6) is 0. The van der Waals surface area contributed by atoms with E-state index in [-0.39, 0.29) is 5.38 Å². The monoisotopic (exact) mass is 222 g/mol. The van der Waals surface area contributed by atoms with Crippen molar-refractivity contribution < 1.29 is 0 Å². The number of halogens is 1. The Kier molecular flexibility index (Phi) is 2.90. The summed E-state index contributed by atoms with van der Waals surface area (Å²) in [6.45, 7) is 2.10. The second-order valence-corrected chi connectivity index (χ2v) is 4.98. The lowest BCUT2D eigenvalue weighted by Crippen LogP contribution is -1.88. The zero-order valence-corrected chi connectivity index (χ0v) is 9.48. The number of thiophene rings is 1. The van der Waals surface area contributed by atoms with Crippen LogP contribution in [-0.4, -0.2) is 0 Å². The molecule has 0 aliphatic carbocycles. The summed E-state index contributed by atoms with van der Waals surface area (Å²) >= 11 is 8.11. The van der Waals surface area contributed by atoms with Crippen LogP contribution in [0.15, 0.2) is 42.5 Å². The maximum atomic E-state index is 6.36. The van der Waals surface area contributed by atoms with Crippen molar-refractivity contribution in [1.29, 1.82) is 0 Å². The average Bonchev–Trinajstić information content (AvgIpc) is 2.65. The van der Waals surface area contributed by atoms with Crippen molar-refractivity contribution in [3.63, 3.8) is 0 Å². The molecule has 0 nitrogen and oxygen atoms in total. The maximum absolute atomic E-state index is 6.36. The number of rotatable bonds is 2. The minimum atomic E-state index is -0.00472. The van der Waals surface area contributed by atoms with Gasteiger partial charge in [0.25, 0.3) is 0 Å². The van der Waals surface area contributed by atoms with E-state index in [1.807, 2.05) is 18.2 Å². The van der Waals surface area contributed by atoms with Crippen molar-refractivity contribution in [3.05, 3.63) is 57.8 Å². The predicted molar refractivity (Wildman–Crippen MR) is 63.2 cm³/mol. The van der Waals surface area contributed by atoms with Gasteiger partial charge >= 0.3 is 0 Å². The fraction of sp³-hybridized carbons (Fsp3) is 0.167. The van der Waals surface area contributed by atoms with E-state index in [2.05, 4.69) is 31.2 Å². The lowest BCUT2D eigenvalue weighted by Gasteiger charge is -2.06. The highest BCUT2D eigenvalue weighted by molar-refractivity contribution is 7.12. The molecule has 2 aromatic rings. The van der Waals surface area contributed by atoms with E-state index < -0.39 is 0 Å². The molecule has 1 atom stereocenters. The molecular formula is C12H11ClS. The number of hydrogen-bond donors (Lipinski definition) is 0. The van der Waals surface area contributed by atoms with Crippen LogP contribution in [0.1, 0.15) is 20.7 Å². The molecule has 0 fully saturated rings. The molecular weight excluding hydrogens is 212 g/mol. The van der Waals surface area contributed by atoms with Gasteiger partial charge in [-0.25, -0.2) is 0 Å². The van der Waals surface area contributed by atoms with Gasteiger partial charge in [-0.1, -0.05) is 30.3 Å². The predicted octanol–water partition coefficient (Wildman–Crippen LogP) is 4.38. The minimum Gasteiger partial charge on any atom is -0.144 e. The Balaban J connectivity index is 2.29. The number of aryl methyl sites for hydroxylation is 1. The molecule has 14 heavy (non-hydrogen) atoms. The molecule has 72 valence electrons. The van der Waals surface area contributed by atoms with E-state index in [0.29, 0.717) is 0 Å². The molecule has 0 radical (unpaired) electrons. The van der Waals surface area contributed by atoms with E-state index >= 15 is 0 Å². The summed E-state index contributed by atoms with van der Waals surface area (Å²) in [5.41, 5.74) is 1.16. The van der Waals surface area contributed by atoms with Crippen molar-refractivity contribution in [2.45, 2.75) is 12.3 Å². The van der Waals surface area contributed by atoms with Gasteiger partial charge in [0.2, 0.25) is 0 Å². The topological polar surface area (TPSA) is 0 Å². The Hall–Kier alpha value is -0.790. The smallest absolute Gasteiger partial charge is 0.0927 e. The Morgan fingerprint density at radius 3 is 2.36 bits per heavy atom. The first-order valence-corrected chi connectivity index (χ1v) is 5.78. The highest BCUT2D eigenvalue weighted by Crippen LogP contribution is 2.33. The van der Waals surface area contributed by atoms with Gasteiger partial charge < -0.3 is 0 Å². The van der Waals surface area contributed by atoms with E-state index in [9.17, 15) is 0 Å². The molecule has 1 unspecified atom stereocenters. The van der Waals surface area contributed by atoms with Crippen LogP contribution in [0.5, 0.6) is 0 Å². The lowest BCUT2D eigenvalue weighted by atomic mass is 10.1. The fourth-order valence-electron chi connectivity index (χ4n) is 1.38. The summed E-state index contributed by atoms with van der Waals surface area (Å²) in [7, 11) is 0. The van der Waals surface area contributed by atoms with Crippen molar-refractivity contribution in [1.82, 2.24) is 0 Å². The molecule has 0 spiro atoms. The molecule has 1 heterocycles. The van der Waals surface area contributed by atoms with Crippen molar-refractivity contribution in [2.75, 3.05) is 0 Å². The van der Waals surface area contributed by atoms with Crippen LogP contribution >= 0.6 is 22.9 Å². The zero-order valence-electron chi connectivity index (χ0n) is 7.91. The highest BCUT2D eigenvalue weighted by Gasteiger charge is 2.11. The third kappa shape index (κ3) is 1.99. The third-order valence-electron chi connectivity index (χ3n) is 2.10. The van der Waals surface area contributed by atoms with Gasteiger partial charge in [-0.2, -0.15) is 0 Å². The molecule has 0 N–H and O–H groups in total. The Labute approximate surface area is 93.2 Å². The van der Waals surface area contributed by atoms with E-state index in [1.165, 1.54) is 9.75 Å². The van der Waals surface area contributed by atoms with Crippen LogP contribution in [0.3, 0.4) is 0 Å². The number of hydrogen-bond acceptors (Lipinski definition) is 1. The summed E-state index contributed by atoms with van der Waals surface area (Å²) in [6, 6.07) is 14.4. The van der Waals surface area contributed by atoms with E-state index in [1.54, 1.807) is 11.3 Å². The van der Waals surface area contributed by atoms with Crippen LogP contribution in [0, 0.1) is 6.92 Å². The molecule has 0 bridgehead atoms. The second-order valence-electron chi connectivity index (χ2n) is 3.22. The molecule has 2 rings (SSSR count). The molecule has 1 aromatic carbocycles. The second kappa shape index (κ2) is 4.16. The first-order valence-electron chi connectivity index (χ1n) is 4.53. The molecule has 0 saturated carbocycles. The first-order chi connectivity index (χ1) is 6.77. The largest absolute Gasteiger partial charge is 0.144 e. The van der Waals surface area contributed by atoms with Crippen molar-refractivity contribution in [3.8, 4) is 0 Å². The van der Waals surface area contributed by atoms with E-state index in [0.717, 1.165) is 5.56 Å². The van der Waals surface area contributed by atoms with Gasteiger partial charge in [-0.3, -0.25) is 0 Å². The van der Waals surface area contributed by atoms with Crippen LogP contribution in [-0.2, 0) is 0 Å². The number of alkyl halides is 1. The van der Waals surface area contributed by atoms with Gasteiger partial charge in [0.05, 0.1) is 5.38 Å². The summed E-state index contributed by atoms with van der Waals surface area (Å²) < 4.78 is 0. The maximum Gasteiger partial charge on any atom is 0.0927 e. The van der Waals surface area contributed by atoms with Gasteiger partial charge in [0.15, 0.2) is 0 Å². The Morgan fingerprint density at radius 2 is 1.79 bits per heavy atom. The third-order valence-corrected chi connectivity index (χ3v) is 3.79. The molecule has 0 amide bonds. The van der Waals surface area contributed by atoms with Gasteiger partial charge in [-0.15, -0.1) is 22.9 Å². The van der Waals surface area contributed by atoms with Crippen LogP contribution in [0.4, 0.5) is 0 Å². The van der Waals surface area contributed by atoms with Crippen LogP contribution < -0.4 is 0 Å². The standard InChI is InChI=1S/C12H11ClS/c1-9-7-8-11(14-9)12(13)10-5-3-2-4-6-10/h2-8,12H,1H3. The zero-order chi connectivity index (χ0) is 9.97. The molecule has 2 heteroatoms. The first kappa shape index (κ1) is 9.75. The normalized spacial score (nSPS) is 12.7. The van der Waals surface area contributed by atoms with Gasteiger partial charge in [0, 0.05) is 9.75 Å². The fourth-order valence-corrected chi connectivity index (χ4v) is 2.61. The quantitative estimate of drug-likeness (QED) is 0.662. The molecule has 0 aliphatic heterocycles. The van der Waals surface area contributed by atoms with E-state index in [4.69, 9.17) is 11.6 Å². The van der Waals surface area contributed by atoms with Gasteiger partial charge in [0.1, 0.15) is 0 Å². The highest BCUT2D eigenvalue weighted by atomic mass is 35.5. The van der Waals surface area contributed by atoms with Crippen molar-refractivity contribution in [2.24, 2.45) is 0 Å². The molecule has 1 aromatic heterocycles. The lowest BCUT2D eigenvalue weighted by molar-refractivity contribution is 1.18.